The summed E-state index contributed by atoms with van der Waals surface area (Å²) < 4.78 is 75.7. The maximum atomic E-state index is 12.6. The molecule has 0 atom stereocenters. The molecule has 6 aromatic rings. The molecular formula is C38H34Cl2F6SiZr. The van der Waals surface area contributed by atoms with E-state index < -0.39 is 44.3 Å². The third kappa shape index (κ3) is 10.7. The molecule has 0 nitrogen and oxygen atoms in total. The second-order valence-electron chi connectivity index (χ2n) is 10.8. The Kier molecular flexibility index (Phi) is 15.2. The average Bonchev–Trinajstić information content (AvgIpc) is 3.69. The minimum atomic E-state index is -4.29. The second kappa shape index (κ2) is 18.4. The zero-order chi connectivity index (χ0) is 35.5. The molecule has 0 saturated carbocycles. The first kappa shape index (κ1) is 39.8. The molecule has 250 valence electrons. The number of rotatable bonds is 4. The number of aryl methyl sites for hydroxylation is 2. The predicted octanol–water partition coefficient (Wildman–Crippen LogP) is 13.8. The SMILES string of the molecule is CCc1cc2c(-c3ccc(C(F)(F)F)cc3)cccc2[cH-]1.CCc1cc2c(-c3ccc(C(F)(F)F)cc3)cccc2[cH-]1.C[Si]C.[Cl][Zr+2][Cl]. The van der Waals surface area contributed by atoms with E-state index in [1.54, 1.807) is 0 Å². The molecule has 6 aromatic carbocycles. The molecule has 0 aromatic heterocycles. The standard InChI is InChI=1S/2C18H14F3.C2H6Si.2ClH.Zr/c2*1-2-12-10-14-4-3-5-16(17(14)11-12)13-6-8-15(9-7-13)18(19,20)21;1-3-2;;;/h2*3-11H,2H2,1H3;1-2H3;2*1H;/q2*-1;;;;+4/p-2. The molecule has 0 N–H and O–H groups in total. The fraction of sp³-hybridized carbons (Fsp3) is 0.211. The monoisotopic (exact) mass is 792 g/mol. The molecular weight excluding hydrogens is 761 g/mol. The molecule has 0 aliphatic rings. The van der Waals surface area contributed by atoms with E-state index in [0.29, 0.717) is 0 Å². The van der Waals surface area contributed by atoms with Gasteiger partial charge in [-0.25, -0.2) is 0 Å². The van der Waals surface area contributed by atoms with Gasteiger partial charge in [0.05, 0.1) is 11.1 Å². The molecule has 0 aliphatic carbocycles. The van der Waals surface area contributed by atoms with E-state index in [0.717, 1.165) is 90.4 Å². The zero-order valence-electron chi connectivity index (χ0n) is 26.8. The van der Waals surface area contributed by atoms with E-state index in [-0.39, 0.29) is 0 Å². The molecule has 0 heterocycles. The van der Waals surface area contributed by atoms with Crippen molar-refractivity contribution in [2.75, 3.05) is 0 Å². The van der Waals surface area contributed by atoms with Crippen molar-refractivity contribution in [3.8, 4) is 22.3 Å². The summed E-state index contributed by atoms with van der Waals surface area (Å²) in [5.74, 6) is 0. The topological polar surface area (TPSA) is 0 Å². The second-order valence-corrected chi connectivity index (χ2v) is 15.5. The van der Waals surface area contributed by atoms with Gasteiger partial charge in [0.2, 0.25) is 0 Å². The van der Waals surface area contributed by atoms with Gasteiger partial charge >= 0.3 is 50.2 Å². The van der Waals surface area contributed by atoms with Crippen molar-refractivity contribution >= 4 is 48.1 Å². The van der Waals surface area contributed by atoms with Crippen LogP contribution in [0.3, 0.4) is 0 Å². The van der Waals surface area contributed by atoms with E-state index in [1.807, 2.05) is 36.4 Å². The summed E-state index contributed by atoms with van der Waals surface area (Å²) in [6.07, 6.45) is -6.69. The molecule has 10 heteroatoms. The number of fused-ring (bicyclic) bond motifs is 2. The molecule has 0 saturated heterocycles. The number of benzene rings is 4. The molecule has 0 amide bonds. The molecule has 0 spiro atoms. The van der Waals surface area contributed by atoms with Gasteiger partial charge in [0, 0.05) is 9.52 Å². The van der Waals surface area contributed by atoms with Crippen LogP contribution in [0.25, 0.3) is 43.8 Å². The summed E-state index contributed by atoms with van der Waals surface area (Å²) >= 11 is -0.826. The van der Waals surface area contributed by atoms with Gasteiger partial charge in [-0.05, 0) is 48.2 Å². The summed E-state index contributed by atoms with van der Waals surface area (Å²) in [4.78, 5) is 0. The van der Waals surface area contributed by atoms with Crippen LogP contribution in [0.5, 0.6) is 0 Å². The number of halogens is 8. The molecule has 0 unspecified atom stereocenters. The molecule has 2 radical (unpaired) electrons. The Balaban J connectivity index is 0.000000224. The molecule has 0 fully saturated rings. The van der Waals surface area contributed by atoms with Crippen LogP contribution in [0.1, 0.15) is 36.1 Å². The predicted molar refractivity (Wildman–Crippen MR) is 188 cm³/mol. The molecule has 48 heavy (non-hydrogen) atoms. The van der Waals surface area contributed by atoms with Gasteiger partial charge in [0.25, 0.3) is 0 Å². The summed E-state index contributed by atoms with van der Waals surface area (Å²) in [6, 6.07) is 31.0. The van der Waals surface area contributed by atoms with Crippen LogP contribution in [-0.2, 0) is 46.0 Å². The van der Waals surface area contributed by atoms with Crippen LogP contribution in [0.2, 0.25) is 13.1 Å². The third-order valence-corrected chi connectivity index (χ3v) is 7.48. The van der Waals surface area contributed by atoms with Crippen LogP contribution in [0, 0.1) is 0 Å². The van der Waals surface area contributed by atoms with E-state index in [9.17, 15) is 26.3 Å². The first-order valence-corrected chi connectivity index (χ1v) is 23.4. The van der Waals surface area contributed by atoms with Crippen molar-refractivity contribution in [2.45, 2.75) is 52.1 Å². The van der Waals surface area contributed by atoms with Crippen LogP contribution in [0.4, 0.5) is 26.3 Å². The Morgan fingerprint density at radius 2 is 0.896 bits per heavy atom. The van der Waals surface area contributed by atoms with Crippen LogP contribution < -0.4 is 0 Å². The maximum absolute atomic E-state index is 12.6. The Hall–Kier alpha value is -2.64. The summed E-state index contributed by atoms with van der Waals surface area (Å²) in [7, 11) is 11.0. The van der Waals surface area contributed by atoms with E-state index in [4.69, 9.17) is 17.0 Å². The van der Waals surface area contributed by atoms with Gasteiger partial charge in [-0.15, -0.1) is 69.1 Å². The van der Waals surface area contributed by atoms with Gasteiger partial charge in [0.15, 0.2) is 0 Å². The van der Waals surface area contributed by atoms with Crippen LogP contribution >= 0.6 is 17.0 Å². The third-order valence-electron chi connectivity index (χ3n) is 7.48. The minimum absolute atomic E-state index is 0.616. The van der Waals surface area contributed by atoms with E-state index >= 15 is 0 Å². The van der Waals surface area contributed by atoms with Crippen LogP contribution in [0.15, 0.2) is 109 Å². The fourth-order valence-corrected chi connectivity index (χ4v) is 5.18. The zero-order valence-corrected chi connectivity index (χ0v) is 31.8. The van der Waals surface area contributed by atoms with Crippen molar-refractivity contribution in [3.63, 3.8) is 0 Å². The summed E-state index contributed by atoms with van der Waals surface area (Å²) in [5, 5.41) is 4.44. The van der Waals surface area contributed by atoms with Gasteiger partial charge < -0.3 is 0 Å². The molecule has 0 bridgehead atoms. The van der Waals surface area contributed by atoms with E-state index in [1.165, 1.54) is 35.4 Å². The first-order valence-electron chi connectivity index (χ1n) is 15.1. The van der Waals surface area contributed by atoms with Crippen molar-refractivity contribution in [1.82, 2.24) is 0 Å². The number of hydrogen-bond donors (Lipinski definition) is 0. The summed E-state index contributed by atoms with van der Waals surface area (Å²) in [6.45, 7) is 8.48. The van der Waals surface area contributed by atoms with Crippen molar-refractivity contribution in [1.29, 1.82) is 0 Å². The Labute approximate surface area is 299 Å². The van der Waals surface area contributed by atoms with Crippen LogP contribution in [-0.4, -0.2) is 9.52 Å². The Bertz CT molecular complexity index is 1720. The molecule has 0 aliphatic heterocycles. The normalized spacial score (nSPS) is 11.1. The number of hydrogen-bond acceptors (Lipinski definition) is 0. The number of alkyl halides is 6. The van der Waals surface area contributed by atoms with Crippen molar-refractivity contribution < 1.29 is 47.2 Å². The van der Waals surface area contributed by atoms with Gasteiger partial charge in [0.1, 0.15) is 0 Å². The molecule has 6 rings (SSSR count). The van der Waals surface area contributed by atoms with Crippen molar-refractivity contribution in [2.24, 2.45) is 0 Å². The quantitative estimate of drug-likeness (QED) is 0.0947. The average molecular weight is 795 g/mol. The Morgan fingerprint density at radius 3 is 1.17 bits per heavy atom. The fourth-order valence-electron chi connectivity index (χ4n) is 5.18. The Morgan fingerprint density at radius 1 is 0.583 bits per heavy atom. The van der Waals surface area contributed by atoms with Gasteiger partial charge in [-0.3, -0.25) is 0 Å². The van der Waals surface area contributed by atoms with Gasteiger partial charge in [-0.1, -0.05) is 74.5 Å². The first-order chi connectivity index (χ1) is 22.8. The van der Waals surface area contributed by atoms with E-state index in [2.05, 4.69) is 51.2 Å². The van der Waals surface area contributed by atoms with Crippen molar-refractivity contribution in [3.05, 3.63) is 131 Å². The summed E-state index contributed by atoms with van der Waals surface area (Å²) in [5.41, 5.74) is 4.81. The van der Waals surface area contributed by atoms with Gasteiger partial charge in [-0.2, -0.15) is 38.5 Å².